The van der Waals surface area contributed by atoms with E-state index in [1.807, 2.05) is 0 Å². The molecule has 0 aromatic heterocycles. The first-order valence-electron chi connectivity index (χ1n) is 7.28. The Morgan fingerprint density at radius 3 is 2.35 bits per heavy atom. The van der Waals surface area contributed by atoms with E-state index in [0.717, 1.165) is 0 Å². The molecule has 1 heterocycles. The second kappa shape index (κ2) is 6.14. The maximum absolute atomic E-state index is 12.7. The summed E-state index contributed by atoms with van der Waals surface area (Å²) in [7, 11) is 0. The molecule has 1 fully saturated rings. The first kappa shape index (κ1) is 17.2. The van der Waals surface area contributed by atoms with E-state index in [1.54, 1.807) is 13.8 Å². The van der Waals surface area contributed by atoms with E-state index in [2.05, 4.69) is 4.74 Å². The summed E-state index contributed by atoms with van der Waals surface area (Å²) in [4.78, 5) is 25.5. The minimum absolute atomic E-state index is 0.0407. The number of aryl methyl sites for hydroxylation is 2. The molecule has 1 amide bonds. The van der Waals surface area contributed by atoms with Gasteiger partial charge in [0.15, 0.2) is 0 Å². The SMILES string of the molecule is Cc1cc(C(=O)N2CCCC2(C)C(=O)O)cc(C)c1OC(F)F. The quantitative estimate of drug-likeness (QED) is 0.923. The summed E-state index contributed by atoms with van der Waals surface area (Å²) >= 11 is 0. The molecule has 2 rings (SSSR count). The highest BCUT2D eigenvalue weighted by molar-refractivity contribution is 5.98. The molecule has 1 aliphatic rings. The number of hydrogen-bond acceptors (Lipinski definition) is 3. The number of likely N-dealkylation sites (tertiary alicyclic amines) is 1. The van der Waals surface area contributed by atoms with Crippen LogP contribution in [0, 0.1) is 13.8 Å². The highest BCUT2D eigenvalue weighted by Crippen LogP contribution is 2.33. The van der Waals surface area contributed by atoms with Crippen LogP contribution in [0.4, 0.5) is 8.78 Å². The lowest BCUT2D eigenvalue weighted by atomic mass is 9.97. The van der Waals surface area contributed by atoms with E-state index in [4.69, 9.17) is 0 Å². The highest BCUT2D eigenvalue weighted by Gasteiger charge is 2.46. The molecule has 1 saturated heterocycles. The molecular weight excluding hydrogens is 308 g/mol. The summed E-state index contributed by atoms with van der Waals surface area (Å²) in [5.74, 6) is -1.42. The fraction of sp³-hybridized carbons (Fsp3) is 0.500. The van der Waals surface area contributed by atoms with Crippen molar-refractivity contribution in [3.05, 3.63) is 28.8 Å². The summed E-state index contributed by atoms with van der Waals surface area (Å²) in [6.45, 7) is 2.08. The normalized spacial score (nSPS) is 20.9. The summed E-state index contributed by atoms with van der Waals surface area (Å²) in [6.07, 6.45) is 0.998. The second-order valence-electron chi connectivity index (χ2n) is 5.96. The lowest BCUT2D eigenvalue weighted by Gasteiger charge is -2.31. The number of carbonyl (C=O) groups excluding carboxylic acids is 1. The van der Waals surface area contributed by atoms with Gasteiger partial charge in [-0.25, -0.2) is 4.79 Å². The van der Waals surface area contributed by atoms with Crippen LogP contribution in [0.15, 0.2) is 12.1 Å². The number of ether oxygens (including phenoxy) is 1. The molecule has 0 radical (unpaired) electrons. The Kier molecular flexibility index (Phi) is 4.58. The number of aliphatic carboxylic acids is 1. The molecule has 0 spiro atoms. The number of halogens is 2. The van der Waals surface area contributed by atoms with Gasteiger partial charge < -0.3 is 14.7 Å². The molecule has 0 aliphatic carbocycles. The van der Waals surface area contributed by atoms with Crippen molar-refractivity contribution in [1.29, 1.82) is 0 Å². The molecule has 1 unspecified atom stereocenters. The van der Waals surface area contributed by atoms with Crippen LogP contribution in [0.2, 0.25) is 0 Å². The first-order valence-corrected chi connectivity index (χ1v) is 7.28. The number of hydrogen-bond donors (Lipinski definition) is 1. The van der Waals surface area contributed by atoms with Crippen LogP contribution in [0.25, 0.3) is 0 Å². The van der Waals surface area contributed by atoms with Crippen molar-refractivity contribution >= 4 is 11.9 Å². The summed E-state index contributed by atoms with van der Waals surface area (Å²) in [6, 6.07) is 2.90. The van der Waals surface area contributed by atoms with Gasteiger partial charge in [-0.15, -0.1) is 0 Å². The fourth-order valence-electron chi connectivity index (χ4n) is 3.02. The fourth-order valence-corrected chi connectivity index (χ4v) is 3.02. The monoisotopic (exact) mass is 327 g/mol. The Hall–Kier alpha value is -2.18. The Balaban J connectivity index is 2.35. The molecule has 5 nitrogen and oxygen atoms in total. The minimum atomic E-state index is -2.94. The number of amides is 1. The van der Waals surface area contributed by atoms with Gasteiger partial charge in [-0.1, -0.05) is 0 Å². The van der Waals surface area contributed by atoms with Gasteiger partial charge in [0.1, 0.15) is 11.3 Å². The zero-order valence-corrected chi connectivity index (χ0v) is 13.2. The first-order chi connectivity index (χ1) is 10.7. The number of benzene rings is 1. The van der Waals surface area contributed by atoms with Crippen molar-refractivity contribution in [1.82, 2.24) is 4.90 Å². The Bertz CT molecular complexity index is 624. The number of carbonyl (C=O) groups is 2. The van der Waals surface area contributed by atoms with Crippen LogP contribution >= 0.6 is 0 Å². The lowest BCUT2D eigenvalue weighted by Crippen LogP contribution is -2.50. The smallest absolute Gasteiger partial charge is 0.387 e. The van der Waals surface area contributed by atoms with E-state index < -0.39 is 24.0 Å². The van der Waals surface area contributed by atoms with Crippen LogP contribution in [-0.2, 0) is 4.79 Å². The number of carboxylic acids is 1. The number of alkyl halides is 2. The van der Waals surface area contributed by atoms with Gasteiger partial charge in [0.25, 0.3) is 5.91 Å². The van der Waals surface area contributed by atoms with Crippen molar-refractivity contribution < 1.29 is 28.2 Å². The van der Waals surface area contributed by atoms with Crippen molar-refractivity contribution in [2.75, 3.05) is 6.54 Å². The Labute approximate surface area is 132 Å². The summed E-state index contributed by atoms with van der Waals surface area (Å²) in [5.41, 5.74) is -0.150. The zero-order valence-electron chi connectivity index (χ0n) is 13.2. The van der Waals surface area contributed by atoms with Crippen molar-refractivity contribution in [2.45, 2.75) is 45.8 Å². The third-order valence-corrected chi connectivity index (χ3v) is 4.26. The van der Waals surface area contributed by atoms with Gasteiger partial charge >= 0.3 is 12.6 Å². The molecule has 7 heteroatoms. The number of carboxylic acid groups (broad SMARTS) is 1. The standard InChI is InChI=1S/C16H19F2NO4/c1-9-7-11(8-10(2)12(9)23-15(17)18)13(20)19-6-4-5-16(19,3)14(21)22/h7-8,15H,4-6H2,1-3H3,(H,21,22). The second-order valence-corrected chi connectivity index (χ2v) is 5.96. The van der Waals surface area contributed by atoms with Crippen LogP contribution in [-0.4, -0.2) is 40.6 Å². The van der Waals surface area contributed by atoms with E-state index in [-0.39, 0.29) is 11.3 Å². The molecule has 0 bridgehead atoms. The van der Waals surface area contributed by atoms with Gasteiger partial charge in [-0.2, -0.15) is 8.78 Å². The molecule has 1 aliphatic heterocycles. The van der Waals surface area contributed by atoms with E-state index in [0.29, 0.717) is 30.5 Å². The largest absolute Gasteiger partial charge is 0.480 e. The van der Waals surface area contributed by atoms with E-state index in [1.165, 1.54) is 24.0 Å². The lowest BCUT2D eigenvalue weighted by molar-refractivity contribution is -0.147. The highest BCUT2D eigenvalue weighted by atomic mass is 19.3. The number of rotatable bonds is 4. The molecule has 0 saturated carbocycles. The molecular formula is C16H19F2NO4. The van der Waals surface area contributed by atoms with Gasteiger partial charge in [-0.05, 0) is 56.9 Å². The molecule has 1 N–H and O–H groups in total. The van der Waals surface area contributed by atoms with Crippen LogP contribution < -0.4 is 4.74 Å². The van der Waals surface area contributed by atoms with Gasteiger partial charge in [-0.3, -0.25) is 4.79 Å². The average molecular weight is 327 g/mol. The molecule has 23 heavy (non-hydrogen) atoms. The van der Waals surface area contributed by atoms with Crippen molar-refractivity contribution in [3.63, 3.8) is 0 Å². The molecule has 1 atom stereocenters. The maximum Gasteiger partial charge on any atom is 0.387 e. The third kappa shape index (κ3) is 3.13. The van der Waals surface area contributed by atoms with E-state index >= 15 is 0 Å². The predicted octanol–water partition coefficient (Wildman–Crippen LogP) is 2.98. The third-order valence-electron chi connectivity index (χ3n) is 4.26. The topological polar surface area (TPSA) is 66.8 Å². The summed E-state index contributed by atoms with van der Waals surface area (Å²) in [5, 5.41) is 9.39. The van der Waals surface area contributed by atoms with Gasteiger partial charge in [0, 0.05) is 12.1 Å². The molecule has 1 aromatic carbocycles. The van der Waals surface area contributed by atoms with E-state index in [9.17, 15) is 23.5 Å². The van der Waals surface area contributed by atoms with Gasteiger partial charge in [0.05, 0.1) is 0 Å². The minimum Gasteiger partial charge on any atom is -0.480 e. The average Bonchev–Trinajstić information content (AvgIpc) is 2.85. The molecule has 126 valence electrons. The van der Waals surface area contributed by atoms with Crippen molar-refractivity contribution in [2.24, 2.45) is 0 Å². The Morgan fingerprint density at radius 1 is 1.30 bits per heavy atom. The Morgan fingerprint density at radius 2 is 1.87 bits per heavy atom. The summed E-state index contributed by atoms with van der Waals surface area (Å²) < 4.78 is 29.3. The van der Waals surface area contributed by atoms with Crippen LogP contribution in [0.5, 0.6) is 5.75 Å². The van der Waals surface area contributed by atoms with Gasteiger partial charge in [0.2, 0.25) is 0 Å². The van der Waals surface area contributed by atoms with Crippen molar-refractivity contribution in [3.8, 4) is 5.75 Å². The van der Waals surface area contributed by atoms with Crippen LogP contribution in [0.1, 0.15) is 41.3 Å². The maximum atomic E-state index is 12.7. The van der Waals surface area contributed by atoms with Crippen LogP contribution in [0.3, 0.4) is 0 Å². The predicted molar refractivity (Wildman–Crippen MR) is 78.9 cm³/mol. The zero-order chi connectivity index (χ0) is 17.4. The molecule has 1 aromatic rings. The number of nitrogens with zero attached hydrogens (tertiary/aromatic N) is 1.